The Morgan fingerprint density at radius 1 is 1.20 bits per heavy atom. The molecule has 15 heavy (non-hydrogen) atoms. The lowest BCUT2D eigenvalue weighted by atomic mass is 9.59. The smallest absolute Gasteiger partial charge is 0.312 e. The molecule has 0 heterocycles. The molecule has 0 aromatic rings. The predicted octanol–water partition coefficient (Wildman–Crippen LogP) is 3.65. The minimum atomic E-state index is -0.372. The Kier molecular flexibility index (Phi) is 4.82. The summed E-state index contributed by atoms with van der Waals surface area (Å²) in [6, 6.07) is 0. The molecule has 0 bridgehead atoms. The van der Waals surface area contributed by atoms with E-state index in [0.29, 0.717) is 12.5 Å². The van der Waals surface area contributed by atoms with Gasteiger partial charge in [-0.25, -0.2) is 0 Å². The molecule has 90 valence electrons. The van der Waals surface area contributed by atoms with E-state index in [9.17, 15) is 4.79 Å². The van der Waals surface area contributed by atoms with Crippen molar-refractivity contribution in [3.8, 4) is 0 Å². The van der Waals surface area contributed by atoms with Crippen LogP contribution in [0.2, 0.25) is 0 Å². The first kappa shape index (κ1) is 14.5. The molecule has 0 aliphatic heterocycles. The third-order valence-electron chi connectivity index (χ3n) is 3.52. The molecular weight excluding hydrogens is 188 g/mol. The number of hydrogen-bond donors (Lipinski definition) is 0. The summed E-state index contributed by atoms with van der Waals surface area (Å²) in [6.45, 7) is 15.0. The molecule has 0 aliphatic rings. The zero-order valence-electron chi connectivity index (χ0n) is 11.3. The maximum Gasteiger partial charge on any atom is 0.312 e. The van der Waals surface area contributed by atoms with Gasteiger partial charge in [-0.15, -0.1) is 0 Å². The molecule has 1 atom stereocenters. The van der Waals surface area contributed by atoms with Crippen LogP contribution in [0.5, 0.6) is 0 Å². The Labute approximate surface area is 94.4 Å². The number of carbonyl (C=O) groups is 1. The van der Waals surface area contributed by atoms with Gasteiger partial charge < -0.3 is 4.74 Å². The summed E-state index contributed by atoms with van der Waals surface area (Å²) >= 11 is 0. The quantitative estimate of drug-likeness (QED) is 0.668. The standard InChI is InChI=1S/C13H26O2/c1-8-13(10(3)4,12(5,6)7)11(14)15-9-2/h10H,8-9H2,1-7H3. The zero-order valence-corrected chi connectivity index (χ0v) is 11.3. The van der Waals surface area contributed by atoms with Crippen LogP contribution < -0.4 is 0 Å². The fourth-order valence-corrected chi connectivity index (χ4v) is 2.75. The van der Waals surface area contributed by atoms with Crippen molar-refractivity contribution < 1.29 is 9.53 Å². The van der Waals surface area contributed by atoms with Crippen LogP contribution in [0.15, 0.2) is 0 Å². The Morgan fingerprint density at radius 3 is 1.87 bits per heavy atom. The average Bonchev–Trinajstić information content (AvgIpc) is 2.02. The highest BCUT2D eigenvalue weighted by molar-refractivity contribution is 5.78. The van der Waals surface area contributed by atoms with E-state index in [2.05, 4.69) is 41.5 Å². The van der Waals surface area contributed by atoms with Crippen LogP contribution in [-0.2, 0) is 9.53 Å². The molecule has 0 spiro atoms. The molecule has 0 aromatic heterocycles. The normalized spacial score (nSPS) is 16.3. The van der Waals surface area contributed by atoms with Crippen molar-refractivity contribution in [1.29, 1.82) is 0 Å². The Balaban J connectivity index is 5.26. The van der Waals surface area contributed by atoms with Gasteiger partial charge >= 0.3 is 5.97 Å². The van der Waals surface area contributed by atoms with Crippen molar-refractivity contribution in [2.45, 2.75) is 54.9 Å². The van der Waals surface area contributed by atoms with Crippen LogP contribution in [0.25, 0.3) is 0 Å². The SMILES string of the molecule is CCOC(=O)C(CC)(C(C)C)C(C)(C)C. The summed E-state index contributed by atoms with van der Waals surface area (Å²) in [5.74, 6) is 0.247. The van der Waals surface area contributed by atoms with Crippen LogP contribution in [-0.4, -0.2) is 12.6 Å². The van der Waals surface area contributed by atoms with Gasteiger partial charge in [-0.2, -0.15) is 0 Å². The number of hydrogen-bond acceptors (Lipinski definition) is 2. The molecule has 0 saturated heterocycles. The number of esters is 1. The molecule has 0 radical (unpaired) electrons. The molecule has 1 unspecified atom stereocenters. The lowest BCUT2D eigenvalue weighted by Crippen LogP contribution is -2.47. The highest BCUT2D eigenvalue weighted by atomic mass is 16.5. The van der Waals surface area contributed by atoms with E-state index < -0.39 is 0 Å². The van der Waals surface area contributed by atoms with E-state index in [4.69, 9.17) is 4.74 Å². The van der Waals surface area contributed by atoms with Gasteiger partial charge in [0, 0.05) is 0 Å². The van der Waals surface area contributed by atoms with Gasteiger partial charge in [-0.05, 0) is 24.7 Å². The summed E-state index contributed by atoms with van der Waals surface area (Å²) in [7, 11) is 0. The summed E-state index contributed by atoms with van der Waals surface area (Å²) in [6.07, 6.45) is 0.826. The minimum absolute atomic E-state index is 0.0463. The van der Waals surface area contributed by atoms with Crippen molar-refractivity contribution >= 4 is 5.97 Å². The van der Waals surface area contributed by atoms with Crippen molar-refractivity contribution in [3.05, 3.63) is 0 Å². The molecular formula is C13H26O2. The zero-order chi connectivity index (χ0) is 12.3. The topological polar surface area (TPSA) is 26.3 Å². The number of rotatable bonds is 4. The highest BCUT2D eigenvalue weighted by Gasteiger charge is 2.50. The monoisotopic (exact) mass is 214 g/mol. The average molecular weight is 214 g/mol. The first-order valence-electron chi connectivity index (χ1n) is 5.91. The van der Waals surface area contributed by atoms with Gasteiger partial charge in [0.1, 0.15) is 0 Å². The van der Waals surface area contributed by atoms with E-state index >= 15 is 0 Å². The van der Waals surface area contributed by atoms with Crippen molar-refractivity contribution in [3.63, 3.8) is 0 Å². The maximum absolute atomic E-state index is 12.2. The van der Waals surface area contributed by atoms with Crippen molar-refractivity contribution in [2.75, 3.05) is 6.61 Å². The van der Waals surface area contributed by atoms with E-state index in [0.717, 1.165) is 6.42 Å². The first-order valence-corrected chi connectivity index (χ1v) is 5.91. The minimum Gasteiger partial charge on any atom is -0.466 e. The fourth-order valence-electron chi connectivity index (χ4n) is 2.75. The molecule has 2 nitrogen and oxygen atoms in total. The molecule has 0 rings (SSSR count). The molecule has 2 heteroatoms. The van der Waals surface area contributed by atoms with Gasteiger partial charge in [0.05, 0.1) is 12.0 Å². The van der Waals surface area contributed by atoms with Crippen LogP contribution in [0.4, 0.5) is 0 Å². The summed E-state index contributed by atoms with van der Waals surface area (Å²) in [5, 5.41) is 0. The van der Waals surface area contributed by atoms with Crippen molar-refractivity contribution in [2.24, 2.45) is 16.7 Å². The van der Waals surface area contributed by atoms with E-state index in [1.165, 1.54) is 0 Å². The number of ether oxygens (including phenoxy) is 1. The van der Waals surface area contributed by atoms with E-state index in [1.54, 1.807) is 0 Å². The molecule has 0 aliphatic carbocycles. The number of carbonyl (C=O) groups excluding carboxylic acids is 1. The second kappa shape index (κ2) is 5.00. The van der Waals surface area contributed by atoms with Gasteiger partial charge in [-0.1, -0.05) is 41.5 Å². The third-order valence-corrected chi connectivity index (χ3v) is 3.52. The highest BCUT2D eigenvalue weighted by Crippen LogP contribution is 2.48. The lowest BCUT2D eigenvalue weighted by Gasteiger charge is -2.45. The third kappa shape index (κ3) is 2.53. The van der Waals surface area contributed by atoms with Gasteiger partial charge in [0.25, 0.3) is 0 Å². The second-order valence-electron chi connectivity index (χ2n) is 5.45. The molecule has 0 amide bonds. The van der Waals surface area contributed by atoms with Gasteiger partial charge in [0.15, 0.2) is 0 Å². The second-order valence-corrected chi connectivity index (χ2v) is 5.45. The van der Waals surface area contributed by atoms with Crippen LogP contribution >= 0.6 is 0 Å². The van der Waals surface area contributed by atoms with E-state index in [1.807, 2.05) is 6.92 Å². The summed E-state index contributed by atoms with van der Waals surface area (Å²) < 4.78 is 5.25. The van der Waals surface area contributed by atoms with Crippen molar-refractivity contribution in [1.82, 2.24) is 0 Å². The Hall–Kier alpha value is -0.530. The fraction of sp³-hybridized carbons (Fsp3) is 0.923. The first-order chi connectivity index (χ1) is 6.74. The predicted molar refractivity (Wildman–Crippen MR) is 63.7 cm³/mol. The summed E-state index contributed by atoms with van der Waals surface area (Å²) in [5.41, 5.74) is -0.439. The largest absolute Gasteiger partial charge is 0.466 e. The van der Waals surface area contributed by atoms with Gasteiger partial charge in [0.2, 0.25) is 0 Å². The molecule has 0 aromatic carbocycles. The Bertz CT molecular complexity index is 213. The lowest BCUT2D eigenvalue weighted by molar-refractivity contribution is -0.168. The van der Waals surface area contributed by atoms with Crippen LogP contribution in [0.3, 0.4) is 0 Å². The summed E-state index contributed by atoms with van der Waals surface area (Å²) in [4.78, 5) is 12.2. The molecule has 0 fully saturated rings. The van der Waals surface area contributed by atoms with Crippen LogP contribution in [0, 0.1) is 16.7 Å². The van der Waals surface area contributed by atoms with E-state index in [-0.39, 0.29) is 16.8 Å². The molecule has 0 saturated carbocycles. The Morgan fingerprint density at radius 2 is 1.67 bits per heavy atom. The van der Waals surface area contributed by atoms with Gasteiger partial charge in [-0.3, -0.25) is 4.79 Å². The maximum atomic E-state index is 12.2. The van der Waals surface area contributed by atoms with Crippen LogP contribution in [0.1, 0.15) is 54.9 Å². The molecule has 0 N–H and O–H groups in total.